The van der Waals surface area contributed by atoms with Crippen LogP contribution in [0, 0.1) is 0 Å². The summed E-state index contributed by atoms with van der Waals surface area (Å²) in [6, 6.07) is 8.54. The Kier molecular flexibility index (Phi) is 4.50. The molecule has 148 valence electrons. The molecule has 3 aliphatic rings. The number of benzene rings is 1. The summed E-state index contributed by atoms with van der Waals surface area (Å²) in [6.07, 6.45) is 7.52. The number of fused-ring (bicyclic) bond motifs is 1. The second kappa shape index (κ2) is 7.03. The van der Waals surface area contributed by atoms with E-state index in [-0.39, 0.29) is 12.2 Å². The molecule has 3 heterocycles. The average molecular weight is 382 g/mol. The molecule has 5 rings (SSSR count). The van der Waals surface area contributed by atoms with Crippen LogP contribution < -0.4 is 10.3 Å². The van der Waals surface area contributed by atoms with E-state index in [2.05, 4.69) is 9.88 Å². The molecule has 1 aromatic carbocycles. The van der Waals surface area contributed by atoms with E-state index >= 15 is 0 Å². The largest absolute Gasteiger partial charge is 0.462 e. The minimum Gasteiger partial charge on any atom is -0.462 e. The summed E-state index contributed by atoms with van der Waals surface area (Å²) < 4.78 is 12.6. The van der Waals surface area contributed by atoms with Gasteiger partial charge in [-0.2, -0.15) is 0 Å². The summed E-state index contributed by atoms with van der Waals surface area (Å²) in [6.45, 7) is 2.34. The summed E-state index contributed by atoms with van der Waals surface area (Å²) in [4.78, 5) is 16.9. The van der Waals surface area contributed by atoms with E-state index in [1.54, 1.807) is 12.3 Å². The Morgan fingerprint density at radius 2 is 2.00 bits per heavy atom. The van der Waals surface area contributed by atoms with Crippen LogP contribution in [0.1, 0.15) is 43.2 Å². The van der Waals surface area contributed by atoms with Gasteiger partial charge in [0.15, 0.2) is 0 Å². The Bertz CT molecular complexity index is 926. The molecular weight excluding hydrogens is 356 g/mol. The van der Waals surface area contributed by atoms with Crippen molar-refractivity contribution >= 4 is 0 Å². The van der Waals surface area contributed by atoms with Gasteiger partial charge in [0.1, 0.15) is 5.75 Å². The maximum absolute atomic E-state index is 11.7. The monoisotopic (exact) mass is 382 g/mol. The van der Waals surface area contributed by atoms with E-state index in [9.17, 15) is 9.90 Å². The minimum atomic E-state index is -0.489. The van der Waals surface area contributed by atoms with Crippen molar-refractivity contribution < 1.29 is 14.6 Å². The number of aliphatic hydroxyl groups is 1. The molecule has 1 spiro atoms. The first-order chi connectivity index (χ1) is 13.7. The van der Waals surface area contributed by atoms with Crippen LogP contribution in [-0.4, -0.2) is 39.9 Å². The molecule has 6 nitrogen and oxygen atoms in total. The third-order valence-electron chi connectivity index (χ3n) is 6.48. The summed E-state index contributed by atoms with van der Waals surface area (Å²) in [7, 11) is 0. The summed E-state index contributed by atoms with van der Waals surface area (Å²) in [5, 5.41) is 9.33. The molecule has 1 aromatic heterocycles. The molecule has 1 saturated carbocycles. The van der Waals surface area contributed by atoms with Crippen LogP contribution in [0.4, 0.5) is 0 Å². The first-order valence-corrected chi connectivity index (χ1v) is 10.2. The zero-order valence-corrected chi connectivity index (χ0v) is 15.9. The van der Waals surface area contributed by atoms with Gasteiger partial charge in [-0.15, -0.1) is 0 Å². The summed E-state index contributed by atoms with van der Waals surface area (Å²) in [5.41, 5.74) is 2.94. The van der Waals surface area contributed by atoms with E-state index in [4.69, 9.17) is 9.47 Å². The van der Waals surface area contributed by atoms with Gasteiger partial charge in [-0.3, -0.25) is 9.69 Å². The Labute approximate surface area is 164 Å². The molecule has 28 heavy (non-hydrogen) atoms. The van der Waals surface area contributed by atoms with Gasteiger partial charge < -0.3 is 19.6 Å². The highest BCUT2D eigenvalue weighted by molar-refractivity contribution is 5.65. The molecule has 0 bridgehead atoms. The van der Waals surface area contributed by atoms with Gasteiger partial charge >= 0.3 is 0 Å². The number of aromatic nitrogens is 1. The molecule has 0 radical (unpaired) electrons. The van der Waals surface area contributed by atoms with Gasteiger partial charge in [0.2, 0.25) is 5.79 Å². The normalized spacial score (nSPS) is 21.8. The molecule has 0 unspecified atom stereocenters. The molecule has 2 N–H and O–H groups in total. The predicted octanol–water partition coefficient (Wildman–Crippen LogP) is 2.79. The van der Waals surface area contributed by atoms with E-state index in [0.717, 1.165) is 54.4 Å². The second-order valence-electron chi connectivity index (χ2n) is 8.15. The quantitative estimate of drug-likeness (QED) is 0.854. The van der Waals surface area contributed by atoms with Gasteiger partial charge in [-0.05, 0) is 42.2 Å². The van der Waals surface area contributed by atoms with Gasteiger partial charge in [0.25, 0.3) is 5.56 Å². The Hall–Kier alpha value is -2.15. The number of H-pyrrole nitrogens is 1. The molecule has 6 heteroatoms. The second-order valence-corrected chi connectivity index (χ2v) is 8.15. The van der Waals surface area contributed by atoms with Crippen molar-refractivity contribution in [2.45, 2.75) is 57.1 Å². The lowest BCUT2D eigenvalue weighted by Gasteiger charge is -2.47. The number of aliphatic hydroxyl groups excluding tert-OH is 1. The highest BCUT2D eigenvalue weighted by Gasteiger charge is 2.42. The number of rotatable bonds is 3. The van der Waals surface area contributed by atoms with Crippen molar-refractivity contribution in [3.8, 4) is 16.9 Å². The molecular formula is C22H26N2O4. The van der Waals surface area contributed by atoms with Crippen molar-refractivity contribution in [3.05, 3.63) is 51.9 Å². The molecule has 2 fully saturated rings. The Balaban J connectivity index is 1.33. The lowest BCUT2D eigenvalue weighted by atomic mass is 9.89. The molecule has 2 aromatic rings. The van der Waals surface area contributed by atoms with Crippen LogP contribution in [0.5, 0.6) is 5.75 Å². The minimum absolute atomic E-state index is 0.258. The summed E-state index contributed by atoms with van der Waals surface area (Å²) >= 11 is 0. The molecule has 1 saturated heterocycles. The van der Waals surface area contributed by atoms with Crippen LogP contribution in [0.2, 0.25) is 0 Å². The van der Waals surface area contributed by atoms with Gasteiger partial charge in [0.05, 0.1) is 13.2 Å². The maximum atomic E-state index is 11.7. The van der Waals surface area contributed by atoms with E-state index in [1.165, 1.54) is 19.3 Å². The molecule has 0 atom stereocenters. The third-order valence-corrected chi connectivity index (χ3v) is 6.48. The fourth-order valence-corrected chi connectivity index (χ4v) is 4.45. The highest BCUT2D eigenvalue weighted by Crippen LogP contribution is 2.40. The lowest BCUT2D eigenvalue weighted by Crippen LogP contribution is -2.54. The first kappa shape index (κ1) is 17.9. The Morgan fingerprint density at radius 1 is 1.18 bits per heavy atom. The van der Waals surface area contributed by atoms with Crippen molar-refractivity contribution in [2.24, 2.45) is 0 Å². The van der Waals surface area contributed by atoms with Gasteiger partial charge in [-0.25, -0.2) is 0 Å². The molecule has 1 aliphatic carbocycles. The van der Waals surface area contributed by atoms with E-state index in [1.807, 2.05) is 18.2 Å². The highest BCUT2D eigenvalue weighted by atomic mass is 16.7. The van der Waals surface area contributed by atoms with E-state index in [0.29, 0.717) is 12.2 Å². The van der Waals surface area contributed by atoms with Crippen molar-refractivity contribution in [3.63, 3.8) is 0 Å². The number of hydrogen-bond acceptors (Lipinski definition) is 5. The zero-order chi connectivity index (χ0) is 19.1. The number of nitrogens with one attached hydrogen (secondary N) is 1. The topological polar surface area (TPSA) is 74.8 Å². The molecule has 2 aliphatic heterocycles. The number of likely N-dealkylation sites (tertiary alicyclic amines) is 1. The third kappa shape index (κ3) is 3.15. The number of ether oxygens (including phenoxy) is 2. The smallest absolute Gasteiger partial charge is 0.253 e. The van der Waals surface area contributed by atoms with Gasteiger partial charge in [0, 0.05) is 49.3 Å². The van der Waals surface area contributed by atoms with Crippen LogP contribution in [0.25, 0.3) is 11.1 Å². The number of nitrogens with zero attached hydrogens (tertiary/aromatic N) is 1. The summed E-state index contributed by atoms with van der Waals surface area (Å²) in [5.74, 6) is 0.399. The number of pyridine rings is 1. The lowest BCUT2D eigenvalue weighted by molar-refractivity contribution is -0.231. The van der Waals surface area contributed by atoms with Crippen LogP contribution in [0.15, 0.2) is 35.3 Å². The van der Waals surface area contributed by atoms with E-state index < -0.39 is 5.79 Å². The number of piperidine rings is 1. The fraction of sp³-hybridized carbons (Fsp3) is 0.500. The standard InChI is InChI=1S/C22H26N2O4/c25-13-17-11-16(12-23-21(17)26)15-4-5-20-18(10-15)14-27-22(28-20)6-8-24(9-7-22)19-2-1-3-19/h4-5,10-12,19,25H,1-3,6-9,13-14H2,(H,23,26). The van der Waals surface area contributed by atoms with Crippen LogP contribution in [-0.2, 0) is 18.0 Å². The van der Waals surface area contributed by atoms with Crippen molar-refractivity contribution in [2.75, 3.05) is 13.1 Å². The van der Waals surface area contributed by atoms with Crippen LogP contribution in [0.3, 0.4) is 0 Å². The Morgan fingerprint density at radius 3 is 2.71 bits per heavy atom. The molecule has 0 amide bonds. The predicted molar refractivity (Wildman–Crippen MR) is 105 cm³/mol. The zero-order valence-electron chi connectivity index (χ0n) is 15.9. The SMILES string of the molecule is O=c1[nH]cc(-c2ccc3c(c2)COC2(CCN(C4CCC4)CC2)O3)cc1CO. The fourth-order valence-electron chi connectivity index (χ4n) is 4.45. The van der Waals surface area contributed by atoms with Gasteiger partial charge in [-0.1, -0.05) is 12.5 Å². The number of hydrogen-bond donors (Lipinski definition) is 2. The van der Waals surface area contributed by atoms with Crippen LogP contribution >= 0.6 is 0 Å². The van der Waals surface area contributed by atoms with Crippen molar-refractivity contribution in [1.82, 2.24) is 9.88 Å². The number of aromatic amines is 1. The average Bonchev–Trinajstić information content (AvgIpc) is 2.68. The van der Waals surface area contributed by atoms with Crippen molar-refractivity contribution in [1.29, 1.82) is 0 Å². The maximum Gasteiger partial charge on any atom is 0.253 e. The first-order valence-electron chi connectivity index (χ1n) is 10.2.